The number of fused-ring (bicyclic) bond motifs is 1. The van der Waals surface area contributed by atoms with Gasteiger partial charge in [0.15, 0.2) is 5.65 Å². The Hall–Kier alpha value is -2.29. The zero-order valence-electron chi connectivity index (χ0n) is 15.3. The molecule has 2 aromatic heterocycles. The molecule has 1 saturated heterocycles. The van der Waals surface area contributed by atoms with Crippen molar-refractivity contribution in [3.05, 3.63) is 47.0 Å². The van der Waals surface area contributed by atoms with Gasteiger partial charge in [0.05, 0.1) is 18.2 Å². The molecule has 0 radical (unpaired) electrons. The molecule has 0 aliphatic carbocycles. The van der Waals surface area contributed by atoms with Crippen LogP contribution in [0.3, 0.4) is 0 Å². The second kappa shape index (κ2) is 7.38. The highest BCUT2D eigenvalue weighted by Gasteiger charge is 2.32. The third-order valence-electron chi connectivity index (χ3n) is 4.70. The van der Waals surface area contributed by atoms with Crippen LogP contribution < -0.4 is 5.32 Å². The number of tetrazole rings is 1. The molecule has 3 aromatic rings. The second-order valence-electron chi connectivity index (χ2n) is 7.27. The van der Waals surface area contributed by atoms with Crippen LogP contribution >= 0.6 is 11.6 Å². The van der Waals surface area contributed by atoms with E-state index in [0.29, 0.717) is 18.8 Å². The van der Waals surface area contributed by atoms with E-state index < -0.39 is 0 Å². The number of nitrogens with one attached hydrogen (secondary N) is 1. The minimum absolute atomic E-state index is 0.164. The molecule has 1 aliphatic heterocycles. The standard InChI is InChI=1S/C18H22ClN7O/c1-18(2)12-25(9-10-27-18)15(13-3-5-14(19)6-4-13)11-20-16-7-8-17-21-23-24-26(17)22-16/h3-8,15H,9-12H2,1-2H3,(H,20,22). The predicted octanol–water partition coefficient (Wildman–Crippen LogP) is 2.44. The van der Waals surface area contributed by atoms with Crippen molar-refractivity contribution < 1.29 is 4.74 Å². The Morgan fingerprint density at radius 2 is 2.04 bits per heavy atom. The number of nitrogens with zero attached hydrogens (tertiary/aromatic N) is 6. The molecule has 1 N–H and O–H groups in total. The highest BCUT2D eigenvalue weighted by Crippen LogP contribution is 2.28. The fourth-order valence-corrected chi connectivity index (χ4v) is 3.53. The first-order chi connectivity index (χ1) is 13.0. The molecule has 0 spiro atoms. The lowest BCUT2D eigenvalue weighted by molar-refractivity contribution is -0.0963. The van der Waals surface area contributed by atoms with Crippen LogP contribution in [0.1, 0.15) is 25.5 Å². The quantitative estimate of drug-likeness (QED) is 0.720. The number of anilines is 1. The van der Waals surface area contributed by atoms with Gasteiger partial charge in [-0.1, -0.05) is 23.7 Å². The van der Waals surface area contributed by atoms with Crippen LogP contribution in [-0.4, -0.2) is 62.0 Å². The number of hydrogen-bond acceptors (Lipinski definition) is 7. The summed E-state index contributed by atoms with van der Waals surface area (Å²) >= 11 is 6.08. The van der Waals surface area contributed by atoms with Crippen molar-refractivity contribution in [2.45, 2.75) is 25.5 Å². The number of hydrogen-bond donors (Lipinski definition) is 1. The monoisotopic (exact) mass is 387 g/mol. The molecule has 0 saturated carbocycles. The normalized spacial score (nSPS) is 18.5. The number of rotatable bonds is 5. The minimum Gasteiger partial charge on any atom is -0.373 e. The first kappa shape index (κ1) is 18.1. The maximum Gasteiger partial charge on any atom is 0.200 e. The Balaban J connectivity index is 1.56. The molecule has 27 heavy (non-hydrogen) atoms. The molecular weight excluding hydrogens is 366 g/mol. The molecule has 9 heteroatoms. The molecule has 0 amide bonds. The molecule has 1 aliphatic rings. The molecule has 1 atom stereocenters. The molecule has 3 heterocycles. The molecule has 1 aromatic carbocycles. The molecule has 1 fully saturated rings. The lowest BCUT2D eigenvalue weighted by Crippen LogP contribution is -2.50. The molecule has 0 bridgehead atoms. The number of aromatic nitrogens is 5. The zero-order valence-corrected chi connectivity index (χ0v) is 16.1. The lowest BCUT2D eigenvalue weighted by atomic mass is 10.0. The van der Waals surface area contributed by atoms with Crippen molar-refractivity contribution in [3.8, 4) is 0 Å². The minimum atomic E-state index is -0.174. The summed E-state index contributed by atoms with van der Waals surface area (Å²) in [7, 11) is 0. The summed E-state index contributed by atoms with van der Waals surface area (Å²) in [6.07, 6.45) is 0. The average Bonchev–Trinajstić information content (AvgIpc) is 3.10. The topological polar surface area (TPSA) is 80.5 Å². The summed E-state index contributed by atoms with van der Waals surface area (Å²) in [6.45, 7) is 7.38. The largest absolute Gasteiger partial charge is 0.373 e. The number of ether oxygens (including phenoxy) is 1. The number of morpholine rings is 1. The van der Waals surface area contributed by atoms with E-state index in [0.717, 1.165) is 23.9 Å². The van der Waals surface area contributed by atoms with E-state index in [-0.39, 0.29) is 11.6 Å². The number of halogens is 1. The maximum absolute atomic E-state index is 6.08. The van der Waals surface area contributed by atoms with Crippen molar-refractivity contribution in [2.24, 2.45) is 0 Å². The molecule has 142 valence electrons. The van der Waals surface area contributed by atoms with E-state index >= 15 is 0 Å². The van der Waals surface area contributed by atoms with E-state index in [9.17, 15) is 0 Å². The smallest absolute Gasteiger partial charge is 0.200 e. The lowest BCUT2D eigenvalue weighted by Gasteiger charge is -2.42. The van der Waals surface area contributed by atoms with Crippen molar-refractivity contribution in [1.29, 1.82) is 0 Å². The summed E-state index contributed by atoms with van der Waals surface area (Å²) in [5.74, 6) is 0.723. The highest BCUT2D eigenvalue weighted by atomic mass is 35.5. The molecule has 4 rings (SSSR count). The Labute approximate surface area is 162 Å². The SMILES string of the molecule is CC1(C)CN(C(CNc2ccc3nnnn3n2)c2ccc(Cl)cc2)CCO1. The van der Waals surface area contributed by atoms with Crippen molar-refractivity contribution in [1.82, 2.24) is 30.2 Å². The van der Waals surface area contributed by atoms with Gasteiger partial charge in [-0.25, -0.2) is 0 Å². The number of benzene rings is 1. The molecule has 8 nitrogen and oxygen atoms in total. The van der Waals surface area contributed by atoms with E-state index in [1.807, 2.05) is 24.3 Å². The zero-order chi connectivity index (χ0) is 18.9. The van der Waals surface area contributed by atoms with Crippen LogP contribution in [0.5, 0.6) is 0 Å². The van der Waals surface area contributed by atoms with Crippen molar-refractivity contribution in [2.75, 3.05) is 31.6 Å². The van der Waals surface area contributed by atoms with Crippen LogP contribution in [0.2, 0.25) is 5.02 Å². The van der Waals surface area contributed by atoms with Crippen molar-refractivity contribution in [3.63, 3.8) is 0 Å². The van der Waals surface area contributed by atoms with E-state index in [4.69, 9.17) is 16.3 Å². The van der Waals surface area contributed by atoms with Gasteiger partial charge in [-0.15, -0.1) is 14.8 Å². The van der Waals surface area contributed by atoms with Crippen LogP contribution in [0.25, 0.3) is 5.65 Å². The fourth-order valence-electron chi connectivity index (χ4n) is 3.41. The van der Waals surface area contributed by atoms with Gasteiger partial charge in [0, 0.05) is 24.7 Å². The van der Waals surface area contributed by atoms with Crippen molar-refractivity contribution >= 4 is 23.1 Å². The van der Waals surface area contributed by atoms with Gasteiger partial charge in [-0.05, 0) is 54.1 Å². The van der Waals surface area contributed by atoms with Gasteiger partial charge in [0.2, 0.25) is 0 Å². The average molecular weight is 388 g/mol. The van der Waals surface area contributed by atoms with Gasteiger partial charge in [0.25, 0.3) is 0 Å². The van der Waals surface area contributed by atoms with Gasteiger partial charge in [-0.2, -0.15) is 0 Å². The van der Waals surface area contributed by atoms with Gasteiger partial charge in [-0.3, -0.25) is 4.90 Å². The Morgan fingerprint density at radius 3 is 2.81 bits per heavy atom. The summed E-state index contributed by atoms with van der Waals surface area (Å²) in [6, 6.07) is 11.9. The van der Waals surface area contributed by atoms with Gasteiger partial charge >= 0.3 is 0 Å². The van der Waals surface area contributed by atoms with E-state index in [1.54, 1.807) is 0 Å². The van der Waals surface area contributed by atoms with Gasteiger partial charge < -0.3 is 10.1 Å². The summed E-state index contributed by atoms with van der Waals surface area (Å²) in [4.78, 5) is 2.44. The highest BCUT2D eigenvalue weighted by molar-refractivity contribution is 6.30. The Morgan fingerprint density at radius 1 is 1.22 bits per heavy atom. The van der Waals surface area contributed by atoms with Crippen LogP contribution in [0.4, 0.5) is 5.82 Å². The first-order valence-electron chi connectivity index (χ1n) is 8.93. The Bertz CT molecular complexity index is 911. The van der Waals surface area contributed by atoms with E-state index in [1.165, 1.54) is 10.2 Å². The first-order valence-corrected chi connectivity index (χ1v) is 9.31. The predicted molar refractivity (Wildman–Crippen MR) is 103 cm³/mol. The molecular formula is C18H22ClN7O. The van der Waals surface area contributed by atoms with Gasteiger partial charge in [0.1, 0.15) is 5.82 Å². The summed E-state index contributed by atoms with van der Waals surface area (Å²) in [5.41, 5.74) is 1.64. The Kier molecular flexibility index (Phi) is 4.94. The third kappa shape index (κ3) is 4.18. The fraction of sp³-hybridized carbons (Fsp3) is 0.444. The van der Waals surface area contributed by atoms with Crippen LogP contribution in [0.15, 0.2) is 36.4 Å². The summed E-state index contributed by atoms with van der Waals surface area (Å²) < 4.78 is 7.30. The van der Waals surface area contributed by atoms with E-state index in [2.05, 4.69) is 56.8 Å². The van der Waals surface area contributed by atoms with Crippen LogP contribution in [-0.2, 0) is 4.74 Å². The maximum atomic E-state index is 6.08. The third-order valence-corrected chi connectivity index (χ3v) is 4.95. The molecule has 1 unspecified atom stereocenters. The summed E-state index contributed by atoms with van der Waals surface area (Å²) in [5, 5.41) is 19.9. The van der Waals surface area contributed by atoms with Crippen LogP contribution in [0, 0.1) is 0 Å². The second-order valence-corrected chi connectivity index (χ2v) is 7.71.